The van der Waals surface area contributed by atoms with Crippen LogP contribution in [0.15, 0.2) is 109 Å². The van der Waals surface area contributed by atoms with Crippen LogP contribution in [0, 0.1) is 0 Å². The van der Waals surface area contributed by atoms with Gasteiger partial charge in [-0.3, -0.25) is 0 Å². The zero-order valence-corrected chi connectivity index (χ0v) is 23.0. The number of aryl methyl sites for hydroxylation is 1. The predicted molar refractivity (Wildman–Crippen MR) is 162 cm³/mol. The van der Waals surface area contributed by atoms with Crippen molar-refractivity contribution in [3.05, 3.63) is 125 Å². The fraction of sp³-hybridized carbons (Fsp3) is 0.229. The third kappa shape index (κ3) is 4.48. The Hall–Kier alpha value is -3.62. The Kier molecular flexibility index (Phi) is 6.91. The first-order valence-corrected chi connectivity index (χ1v) is 14.1. The van der Waals surface area contributed by atoms with Gasteiger partial charge >= 0.3 is 0 Å². The molecular formula is C35H34ClN2+. The molecule has 0 spiro atoms. The molecular weight excluding hydrogens is 484 g/mol. The second kappa shape index (κ2) is 10.6. The van der Waals surface area contributed by atoms with Crippen molar-refractivity contribution in [3.8, 4) is 11.3 Å². The first kappa shape index (κ1) is 24.7. The third-order valence-electron chi connectivity index (χ3n) is 8.23. The van der Waals surface area contributed by atoms with Gasteiger partial charge in [0.05, 0.1) is 5.69 Å². The smallest absolute Gasteiger partial charge is 0.199 e. The van der Waals surface area contributed by atoms with Gasteiger partial charge in [0.2, 0.25) is 0 Å². The maximum Gasteiger partial charge on any atom is 0.199 e. The molecule has 3 heteroatoms. The van der Waals surface area contributed by atoms with Crippen LogP contribution in [0.1, 0.15) is 43.2 Å². The summed E-state index contributed by atoms with van der Waals surface area (Å²) in [7, 11) is 4.42. The largest absolute Gasteiger partial charge is 0.343 e. The van der Waals surface area contributed by atoms with Gasteiger partial charge in [-0.2, -0.15) is 0 Å². The van der Waals surface area contributed by atoms with Crippen molar-refractivity contribution in [1.29, 1.82) is 0 Å². The molecule has 0 atom stereocenters. The second-order valence-corrected chi connectivity index (χ2v) is 10.9. The summed E-state index contributed by atoms with van der Waals surface area (Å²) in [6.45, 7) is 0. The van der Waals surface area contributed by atoms with E-state index in [4.69, 9.17) is 11.6 Å². The summed E-state index contributed by atoms with van der Waals surface area (Å²) in [5.41, 5.74) is 9.49. The molecule has 190 valence electrons. The van der Waals surface area contributed by atoms with E-state index in [1.807, 2.05) is 12.1 Å². The van der Waals surface area contributed by atoms with Crippen LogP contribution in [-0.2, 0) is 7.05 Å². The van der Waals surface area contributed by atoms with Crippen molar-refractivity contribution in [2.75, 3.05) is 7.05 Å². The summed E-state index contributed by atoms with van der Waals surface area (Å²) < 4.78 is 4.80. The predicted octanol–water partition coefficient (Wildman–Crippen LogP) is 8.84. The summed E-state index contributed by atoms with van der Waals surface area (Å²) in [4.78, 5) is 0. The molecule has 1 heterocycles. The van der Waals surface area contributed by atoms with Gasteiger partial charge in [-0.1, -0.05) is 84.8 Å². The molecule has 0 N–H and O–H groups in total. The normalized spacial score (nSPS) is 15.9. The molecule has 0 radical (unpaired) electrons. The van der Waals surface area contributed by atoms with Crippen molar-refractivity contribution < 1.29 is 4.58 Å². The van der Waals surface area contributed by atoms with Crippen LogP contribution in [-0.4, -0.2) is 27.9 Å². The summed E-state index contributed by atoms with van der Waals surface area (Å²) in [5, 5.41) is 1.99. The average molecular weight is 518 g/mol. The highest BCUT2D eigenvalue weighted by atomic mass is 35.5. The highest BCUT2D eigenvalue weighted by Gasteiger charge is 2.26. The fourth-order valence-electron chi connectivity index (χ4n) is 6.22. The Morgan fingerprint density at radius 3 is 2.18 bits per heavy atom. The van der Waals surface area contributed by atoms with Gasteiger partial charge in [0.25, 0.3) is 0 Å². The number of nitrogens with zero attached hydrogens (tertiary/aromatic N) is 2. The number of allylic oxidation sites excluding steroid dienone is 5. The second-order valence-electron chi connectivity index (χ2n) is 10.5. The number of hydrogen-bond donors (Lipinski definition) is 0. The summed E-state index contributed by atoms with van der Waals surface area (Å²) in [6.07, 6.45) is 15.7. The van der Waals surface area contributed by atoms with Gasteiger partial charge in [0.1, 0.15) is 7.05 Å². The van der Waals surface area contributed by atoms with Gasteiger partial charge < -0.3 is 4.57 Å². The van der Waals surface area contributed by atoms with E-state index in [0.717, 1.165) is 16.2 Å². The molecule has 4 aromatic rings. The maximum absolute atomic E-state index is 6.92. The number of halogens is 1. The quantitative estimate of drug-likeness (QED) is 0.239. The monoisotopic (exact) mass is 517 g/mol. The molecule has 6 rings (SSSR count). The fourth-order valence-corrected chi connectivity index (χ4v) is 6.45. The minimum atomic E-state index is 0.629. The Balaban J connectivity index is 1.60. The molecule has 2 nitrogen and oxygen atoms in total. The SMILES string of the molecule is Cn1c(-c2ccccc2)c(C(=C2C=CC(=[N+](C)C3CCCCC3)C=C2)c2ccccc2Cl)c2ccccc21. The van der Waals surface area contributed by atoms with Gasteiger partial charge in [0.15, 0.2) is 11.8 Å². The number of rotatable bonds is 4. The summed E-state index contributed by atoms with van der Waals surface area (Å²) >= 11 is 6.92. The number of aromatic nitrogens is 1. The summed E-state index contributed by atoms with van der Waals surface area (Å²) in [6, 6.07) is 28.3. The lowest BCUT2D eigenvalue weighted by Crippen LogP contribution is -2.29. The molecule has 38 heavy (non-hydrogen) atoms. The molecule has 1 aromatic heterocycles. The van der Waals surface area contributed by atoms with Gasteiger partial charge in [0, 0.05) is 64.7 Å². The molecule has 0 saturated heterocycles. The lowest BCUT2D eigenvalue weighted by atomic mass is 9.87. The molecule has 0 amide bonds. The van der Waals surface area contributed by atoms with Gasteiger partial charge in [-0.15, -0.1) is 0 Å². The van der Waals surface area contributed by atoms with Crippen molar-refractivity contribution in [3.63, 3.8) is 0 Å². The van der Waals surface area contributed by atoms with Crippen LogP contribution in [0.3, 0.4) is 0 Å². The Morgan fingerprint density at radius 1 is 0.789 bits per heavy atom. The van der Waals surface area contributed by atoms with Crippen molar-refractivity contribution in [2.24, 2.45) is 7.05 Å². The first-order valence-electron chi connectivity index (χ1n) is 13.7. The van der Waals surface area contributed by atoms with Crippen molar-refractivity contribution in [2.45, 2.75) is 38.1 Å². The van der Waals surface area contributed by atoms with Crippen LogP contribution in [0.4, 0.5) is 0 Å². The zero-order valence-electron chi connectivity index (χ0n) is 22.2. The molecule has 1 fully saturated rings. The number of hydrogen-bond acceptors (Lipinski definition) is 0. The van der Waals surface area contributed by atoms with E-state index < -0.39 is 0 Å². The molecule has 0 unspecified atom stereocenters. The van der Waals surface area contributed by atoms with Crippen LogP contribution >= 0.6 is 11.6 Å². The summed E-state index contributed by atoms with van der Waals surface area (Å²) in [5.74, 6) is 0. The lowest BCUT2D eigenvalue weighted by Gasteiger charge is -2.20. The molecule has 0 bridgehead atoms. The van der Waals surface area contributed by atoms with Crippen LogP contribution < -0.4 is 0 Å². The first-order chi connectivity index (χ1) is 18.6. The minimum absolute atomic E-state index is 0.629. The van der Waals surface area contributed by atoms with E-state index in [0.29, 0.717) is 6.04 Å². The van der Waals surface area contributed by atoms with E-state index in [1.165, 1.54) is 71.1 Å². The van der Waals surface area contributed by atoms with Crippen LogP contribution in [0.2, 0.25) is 5.02 Å². The number of benzene rings is 3. The van der Waals surface area contributed by atoms with Gasteiger partial charge in [-0.25, -0.2) is 4.58 Å². The third-order valence-corrected chi connectivity index (χ3v) is 8.56. The Labute approximate surface area is 230 Å². The minimum Gasteiger partial charge on any atom is -0.343 e. The topological polar surface area (TPSA) is 7.94 Å². The molecule has 1 saturated carbocycles. The van der Waals surface area contributed by atoms with E-state index in [-0.39, 0.29) is 0 Å². The highest BCUT2D eigenvalue weighted by molar-refractivity contribution is 6.33. The van der Waals surface area contributed by atoms with E-state index in [2.05, 4.69) is 114 Å². The van der Waals surface area contributed by atoms with Crippen LogP contribution in [0.25, 0.3) is 27.7 Å². The standard InChI is InChI=1S/C35H34ClN2/c1-37(27-15-7-4-8-16-27)28-23-21-25(22-24-28)33(29-17-9-11-19-31(29)36)34-30-18-10-12-20-32(30)38(2)35(34)26-13-5-3-6-14-26/h3,5-6,9-14,17-24,27H,4,7-8,15-16H2,1-2H3/q+1. The van der Waals surface area contributed by atoms with Crippen molar-refractivity contribution in [1.82, 2.24) is 4.57 Å². The van der Waals surface area contributed by atoms with Crippen molar-refractivity contribution >= 4 is 33.8 Å². The van der Waals surface area contributed by atoms with Gasteiger partial charge in [-0.05, 0) is 48.3 Å². The molecule has 2 aliphatic carbocycles. The molecule has 2 aliphatic rings. The number of fused-ring (bicyclic) bond motifs is 1. The number of para-hydroxylation sites is 1. The maximum atomic E-state index is 6.92. The zero-order chi connectivity index (χ0) is 26.1. The average Bonchev–Trinajstić information content (AvgIpc) is 3.27. The molecule has 3 aromatic carbocycles. The lowest BCUT2D eigenvalue weighted by molar-refractivity contribution is -0.540. The van der Waals surface area contributed by atoms with Crippen LogP contribution in [0.5, 0.6) is 0 Å². The Morgan fingerprint density at radius 2 is 1.45 bits per heavy atom. The molecule has 0 aliphatic heterocycles. The van der Waals surface area contributed by atoms with E-state index >= 15 is 0 Å². The highest BCUT2D eigenvalue weighted by Crippen LogP contribution is 2.43. The van der Waals surface area contributed by atoms with E-state index in [1.54, 1.807) is 0 Å². The Bertz CT molecular complexity index is 1590. The van der Waals surface area contributed by atoms with E-state index in [9.17, 15) is 0 Å².